The second kappa shape index (κ2) is 4.53. The molecule has 0 fully saturated rings. The van der Waals surface area contributed by atoms with Crippen LogP contribution >= 0.6 is 0 Å². The first kappa shape index (κ1) is 7.68. The number of ether oxygens (including phenoxy) is 2. The molecule has 0 saturated heterocycles. The van der Waals surface area contributed by atoms with Crippen molar-refractivity contribution >= 4 is 5.78 Å². The highest BCUT2D eigenvalue weighted by molar-refractivity contribution is 6.00. The second-order valence-corrected chi connectivity index (χ2v) is 3.49. The van der Waals surface area contributed by atoms with Gasteiger partial charge in [0, 0.05) is 9.68 Å². The summed E-state index contributed by atoms with van der Waals surface area (Å²) in [5.74, 6) is 0.920. The Labute approximate surface area is 98.8 Å². The van der Waals surface area contributed by atoms with Crippen molar-refractivity contribution in [2.24, 2.45) is 0 Å². The van der Waals surface area contributed by atoms with Crippen molar-refractivity contribution in [3.05, 3.63) is 23.8 Å². The number of hydrogen-bond acceptors (Lipinski definition) is 4. The molecule has 0 amide bonds. The highest BCUT2D eigenvalue weighted by Crippen LogP contribution is 2.32. The Bertz CT molecular complexity index is 481. The number of Topliss-reactive ketones (excluding diaryl/α,β-unsaturated/α-hetero) is 1. The fourth-order valence-corrected chi connectivity index (χ4v) is 1.52. The molecule has 1 aromatic carbocycles. The number of nitrogens with one attached hydrogen (secondary N) is 1. The maximum Gasteiger partial charge on any atom is 0.231 e. The Morgan fingerprint density at radius 1 is 1.62 bits per heavy atom. The lowest BCUT2D eigenvalue weighted by Crippen LogP contribution is -2.33. The van der Waals surface area contributed by atoms with Crippen LogP contribution in [0.25, 0.3) is 0 Å². The zero-order valence-corrected chi connectivity index (χ0v) is 8.90. The molecule has 2 atom stereocenters. The second-order valence-electron chi connectivity index (χ2n) is 3.49. The molecule has 16 heavy (non-hydrogen) atoms. The van der Waals surface area contributed by atoms with Gasteiger partial charge in [-0.05, 0) is 31.6 Å². The summed E-state index contributed by atoms with van der Waals surface area (Å²) < 4.78 is 32.0. The maximum atomic E-state index is 12.1. The molecule has 0 aliphatic carbocycles. The molecule has 1 heterocycles. The van der Waals surface area contributed by atoms with Gasteiger partial charge in [-0.25, -0.2) is 0 Å². The van der Waals surface area contributed by atoms with Gasteiger partial charge < -0.3 is 14.8 Å². The molecule has 1 aliphatic rings. The van der Waals surface area contributed by atoms with Crippen molar-refractivity contribution < 1.29 is 18.4 Å². The number of carbonyl (C=O) groups is 1. The summed E-state index contributed by atoms with van der Waals surface area (Å²) in [6.45, 7) is -0.703. The Morgan fingerprint density at radius 3 is 3.25 bits per heavy atom. The lowest BCUT2D eigenvalue weighted by Gasteiger charge is -2.11. The number of ketones is 1. The van der Waals surface area contributed by atoms with E-state index in [0.29, 0.717) is 17.1 Å². The van der Waals surface area contributed by atoms with Crippen LogP contribution in [0.2, 0.25) is 0 Å². The number of carbonyl (C=O) groups excluding carboxylic acids is 1. The Morgan fingerprint density at radius 2 is 2.44 bits per heavy atom. The van der Waals surface area contributed by atoms with Crippen molar-refractivity contribution in [3.63, 3.8) is 0 Å². The molecule has 0 saturated carbocycles. The standard InChI is InChI=1S/C12H15NO3/c1-3-13-8(2)12(14)9-4-5-10-11(6-9)16-7-15-10/h4-6,8,13H,3,7H2,1-2H3/i1D2,3D. The predicted molar refractivity (Wildman–Crippen MR) is 60.0 cm³/mol. The minimum atomic E-state index is -1.34. The number of benzene rings is 1. The van der Waals surface area contributed by atoms with Gasteiger partial charge in [-0.15, -0.1) is 0 Å². The normalized spacial score (nSPS) is 19.8. The molecule has 1 N–H and O–H groups in total. The van der Waals surface area contributed by atoms with Gasteiger partial charge in [0.05, 0.1) is 6.04 Å². The third-order valence-electron chi connectivity index (χ3n) is 2.40. The summed E-state index contributed by atoms with van der Waals surface area (Å²) in [4.78, 5) is 12.1. The smallest absolute Gasteiger partial charge is 0.231 e. The number of rotatable bonds is 4. The van der Waals surface area contributed by atoms with Crippen LogP contribution in [0.15, 0.2) is 18.2 Å². The van der Waals surface area contributed by atoms with Crippen molar-refractivity contribution in [3.8, 4) is 11.5 Å². The molecular formula is C12H15NO3. The van der Waals surface area contributed by atoms with E-state index in [1.165, 1.54) is 0 Å². The Balaban J connectivity index is 2.07. The molecule has 2 rings (SSSR count). The van der Waals surface area contributed by atoms with Gasteiger partial charge >= 0.3 is 0 Å². The fourth-order valence-electron chi connectivity index (χ4n) is 1.52. The molecule has 0 spiro atoms. The third kappa shape index (κ3) is 2.02. The molecule has 86 valence electrons. The van der Waals surface area contributed by atoms with Crippen molar-refractivity contribution in [1.29, 1.82) is 0 Å². The third-order valence-corrected chi connectivity index (χ3v) is 2.40. The van der Waals surface area contributed by atoms with Gasteiger partial charge in [0.25, 0.3) is 0 Å². The fraction of sp³-hybridized carbons (Fsp3) is 0.417. The van der Waals surface area contributed by atoms with Gasteiger partial charge in [-0.3, -0.25) is 4.79 Å². The van der Waals surface area contributed by atoms with Crippen LogP contribution in [0.3, 0.4) is 0 Å². The van der Waals surface area contributed by atoms with Crippen LogP contribution in [-0.4, -0.2) is 25.1 Å². The average Bonchev–Trinajstić information content (AvgIpc) is 2.84. The molecule has 0 aromatic heterocycles. The molecule has 1 aliphatic heterocycles. The number of likely N-dealkylation sites (N-methyl/N-ethyl adjacent to an activating group) is 1. The summed E-state index contributed by atoms with van der Waals surface area (Å²) in [6.07, 6.45) is 0. The highest BCUT2D eigenvalue weighted by atomic mass is 16.7. The van der Waals surface area contributed by atoms with Crippen LogP contribution in [0.5, 0.6) is 11.5 Å². The lowest BCUT2D eigenvalue weighted by molar-refractivity contribution is 0.0951. The quantitative estimate of drug-likeness (QED) is 0.789. The number of hydrogen-bond donors (Lipinski definition) is 1. The van der Waals surface area contributed by atoms with Crippen molar-refractivity contribution in [2.45, 2.75) is 19.8 Å². The van der Waals surface area contributed by atoms with Gasteiger partial charge in [0.2, 0.25) is 6.79 Å². The molecular weight excluding hydrogens is 206 g/mol. The molecule has 0 radical (unpaired) electrons. The Kier molecular flexibility index (Phi) is 2.17. The van der Waals surface area contributed by atoms with E-state index < -0.39 is 19.4 Å². The molecule has 2 unspecified atom stereocenters. The average molecular weight is 224 g/mol. The monoisotopic (exact) mass is 224 g/mol. The van der Waals surface area contributed by atoms with E-state index in [-0.39, 0.29) is 12.6 Å². The molecule has 4 heteroatoms. The van der Waals surface area contributed by atoms with E-state index >= 15 is 0 Å². The molecule has 0 bridgehead atoms. The summed E-state index contributed by atoms with van der Waals surface area (Å²) in [5.41, 5.74) is 0.447. The van der Waals surface area contributed by atoms with Crippen LogP contribution in [-0.2, 0) is 0 Å². The van der Waals surface area contributed by atoms with Gasteiger partial charge in [-0.2, -0.15) is 0 Å². The first-order valence-corrected chi connectivity index (χ1v) is 4.95. The highest BCUT2D eigenvalue weighted by Gasteiger charge is 2.19. The van der Waals surface area contributed by atoms with Gasteiger partial charge in [0.15, 0.2) is 17.3 Å². The molecule has 1 aromatic rings. The van der Waals surface area contributed by atoms with E-state index in [4.69, 9.17) is 13.6 Å². The summed E-state index contributed by atoms with van der Waals surface area (Å²) >= 11 is 0. The predicted octanol–water partition coefficient (Wildman–Crippen LogP) is 1.60. The Hall–Kier alpha value is -1.55. The minimum absolute atomic E-state index is 0.148. The van der Waals surface area contributed by atoms with E-state index in [1.54, 1.807) is 25.1 Å². The van der Waals surface area contributed by atoms with Gasteiger partial charge in [0.1, 0.15) is 0 Å². The van der Waals surface area contributed by atoms with E-state index in [2.05, 4.69) is 5.32 Å². The maximum absolute atomic E-state index is 12.1. The van der Waals surface area contributed by atoms with Crippen LogP contribution in [0, 0.1) is 0 Å². The summed E-state index contributed by atoms with van der Waals surface area (Å²) in [5, 5.41) is 2.62. The summed E-state index contributed by atoms with van der Waals surface area (Å²) in [7, 11) is 0. The largest absolute Gasteiger partial charge is 0.454 e. The van der Waals surface area contributed by atoms with Gasteiger partial charge in [-0.1, -0.05) is 6.88 Å². The molecule has 4 nitrogen and oxygen atoms in total. The van der Waals surface area contributed by atoms with Crippen molar-refractivity contribution in [1.82, 2.24) is 5.32 Å². The first-order valence-electron chi connectivity index (χ1n) is 6.69. The zero-order valence-electron chi connectivity index (χ0n) is 11.9. The topological polar surface area (TPSA) is 47.6 Å². The lowest BCUT2D eigenvalue weighted by atomic mass is 10.0. The number of fused-ring (bicyclic) bond motifs is 1. The SMILES string of the molecule is [2H]C([2H])C([2H])NC(C)C(=O)c1ccc2c(c1)OCO2. The van der Waals surface area contributed by atoms with Crippen molar-refractivity contribution in [2.75, 3.05) is 13.3 Å². The van der Waals surface area contributed by atoms with E-state index in [9.17, 15) is 4.79 Å². The van der Waals surface area contributed by atoms with E-state index in [0.717, 1.165) is 0 Å². The van der Waals surface area contributed by atoms with E-state index in [1.807, 2.05) is 0 Å². The van der Waals surface area contributed by atoms with Crippen LogP contribution in [0.4, 0.5) is 0 Å². The zero-order chi connectivity index (χ0) is 14.0. The first-order chi connectivity index (χ1) is 8.99. The summed E-state index contributed by atoms with van der Waals surface area (Å²) in [6, 6.07) is 4.26. The minimum Gasteiger partial charge on any atom is -0.454 e. The van der Waals surface area contributed by atoms with Crippen LogP contribution in [0.1, 0.15) is 28.3 Å². The van der Waals surface area contributed by atoms with Crippen LogP contribution < -0.4 is 14.8 Å².